The first-order valence-electron chi connectivity index (χ1n) is 8.28. The zero-order valence-electron chi connectivity index (χ0n) is 13.9. The third-order valence-electron chi connectivity index (χ3n) is 4.83. The summed E-state index contributed by atoms with van der Waals surface area (Å²) < 4.78 is 30.1. The van der Waals surface area contributed by atoms with Crippen LogP contribution in [0.5, 0.6) is 0 Å². The molecule has 4 rings (SSSR count). The summed E-state index contributed by atoms with van der Waals surface area (Å²) in [4.78, 5) is 12.4. The lowest BCUT2D eigenvalue weighted by molar-refractivity contribution is 0.152. The van der Waals surface area contributed by atoms with Crippen LogP contribution in [0.1, 0.15) is 6.42 Å². The molecule has 2 fully saturated rings. The Morgan fingerprint density at radius 1 is 1.23 bits per heavy atom. The molecule has 3 heterocycles. The first kappa shape index (κ1) is 17.2. The van der Waals surface area contributed by atoms with Gasteiger partial charge >= 0.3 is 6.09 Å². The van der Waals surface area contributed by atoms with Crippen LogP contribution in [0, 0.1) is 0 Å². The largest absolute Gasteiger partial charge is 0.465 e. The van der Waals surface area contributed by atoms with E-state index in [9.17, 15) is 13.9 Å². The first-order valence-corrected chi connectivity index (χ1v) is 9.74. The van der Waals surface area contributed by atoms with Gasteiger partial charge in [-0.2, -0.15) is 4.31 Å². The molecule has 1 atom stereocenters. The van der Waals surface area contributed by atoms with E-state index >= 15 is 0 Å². The highest BCUT2D eigenvalue weighted by atomic mass is 32.3. The summed E-state index contributed by atoms with van der Waals surface area (Å²) >= 11 is 0. The van der Waals surface area contributed by atoms with Gasteiger partial charge < -0.3 is 14.5 Å². The lowest BCUT2D eigenvalue weighted by Crippen LogP contribution is -2.39. The number of amides is 1. The van der Waals surface area contributed by atoms with Crippen molar-refractivity contribution in [2.75, 3.05) is 30.5 Å². The first-order chi connectivity index (χ1) is 12.5. The topological polar surface area (TPSA) is 114 Å². The highest BCUT2D eigenvalue weighted by Crippen LogP contribution is 2.55. The Labute approximate surface area is 152 Å². The second kappa shape index (κ2) is 6.47. The molecule has 9 nitrogen and oxygen atoms in total. The SMILES string of the molecule is O=C(O)N1CC[C@H](N2CCN(c3cccc(-c4ccno4)c3)S2(O)O)C1. The maximum atomic E-state index is 11.1. The number of hydrogen-bond donors (Lipinski definition) is 3. The fourth-order valence-corrected chi connectivity index (χ4v) is 5.42. The van der Waals surface area contributed by atoms with Crippen LogP contribution in [0.2, 0.25) is 0 Å². The summed E-state index contributed by atoms with van der Waals surface area (Å²) in [5.74, 6) is 0.604. The lowest BCUT2D eigenvalue weighted by atomic mass is 10.1. The number of anilines is 1. The van der Waals surface area contributed by atoms with Crippen LogP contribution in [-0.4, -0.2) is 66.9 Å². The van der Waals surface area contributed by atoms with Crippen molar-refractivity contribution < 1.29 is 23.5 Å². The molecule has 2 saturated heterocycles. The second-order valence-electron chi connectivity index (χ2n) is 6.33. The van der Waals surface area contributed by atoms with E-state index in [-0.39, 0.29) is 12.6 Å². The van der Waals surface area contributed by atoms with E-state index in [1.54, 1.807) is 20.9 Å². The molecule has 2 aliphatic rings. The number of likely N-dealkylation sites (tertiary alicyclic amines) is 1. The summed E-state index contributed by atoms with van der Waals surface area (Å²) in [5.41, 5.74) is 1.47. The van der Waals surface area contributed by atoms with Crippen molar-refractivity contribution in [1.82, 2.24) is 14.4 Å². The number of rotatable bonds is 3. The highest BCUT2D eigenvalue weighted by molar-refractivity contribution is 8.23. The predicted molar refractivity (Wildman–Crippen MR) is 96.8 cm³/mol. The molecule has 140 valence electrons. The molecule has 2 aromatic rings. The minimum absolute atomic E-state index is 0.196. The van der Waals surface area contributed by atoms with Crippen molar-refractivity contribution >= 4 is 22.7 Å². The zero-order valence-corrected chi connectivity index (χ0v) is 14.7. The summed E-state index contributed by atoms with van der Waals surface area (Å²) in [6.45, 7) is 1.61. The molecule has 2 aliphatic heterocycles. The van der Waals surface area contributed by atoms with Crippen LogP contribution < -0.4 is 4.31 Å². The van der Waals surface area contributed by atoms with Crippen molar-refractivity contribution in [2.45, 2.75) is 12.5 Å². The van der Waals surface area contributed by atoms with Gasteiger partial charge in [-0.15, -0.1) is 0 Å². The van der Waals surface area contributed by atoms with Crippen LogP contribution in [-0.2, 0) is 0 Å². The van der Waals surface area contributed by atoms with E-state index in [1.165, 1.54) is 4.90 Å². The van der Waals surface area contributed by atoms with Crippen molar-refractivity contribution in [1.29, 1.82) is 0 Å². The van der Waals surface area contributed by atoms with Gasteiger partial charge in [-0.1, -0.05) is 28.3 Å². The lowest BCUT2D eigenvalue weighted by Gasteiger charge is -2.45. The third-order valence-corrected chi connectivity index (χ3v) is 6.93. The molecule has 10 heteroatoms. The minimum atomic E-state index is -3.20. The van der Waals surface area contributed by atoms with Gasteiger partial charge in [0.05, 0.1) is 24.5 Å². The maximum Gasteiger partial charge on any atom is 0.407 e. The molecular weight excluding hydrogens is 360 g/mol. The van der Waals surface area contributed by atoms with Gasteiger partial charge in [-0.3, -0.25) is 13.4 Å². The summed E-state index contributed by atoms with van der Waals surface area (Å²) in [6, 6.07) is 8.88. The normalized spacial score (nSPS) is 24.2. The van der Waals surface area contributed by atoms with Gasteiger partial charge in [0, 0.05) is 31.3 Å². The Balaban J connectivity index is 1.56. The smallest absolute Gasteiger partial charge is 0.407 e. The quantitative estimate of drug-likeness (QED) is 0.745. The molecule has 3 N–H and O–H groups in total. The number of benzene rings is 1. The van der Waals surface area contributed by atoms with Gasteiger partial charge in [0.15, 0.2) is 5.76 Å². The molecule has 0 radical (unpaired) electrons. The number of carbonyl (C=O) groups is 1. The van der Waals surface area contributed by atoms with E-state index in [0.29, 0.717) is 37.5 Å². The van der Waals surface area contributed by atoms with Gasteiger partial charge in [-0.05, 0) is 18.6 Å². The Hall–Kier alpha value is -2.27. The molecule has 0 aliphatic carbocycles. The zero-order chi connectivity index (χ0) is 18.3. The number of hydrogen-bond acceptors (Lipinski definition) is 7. The highest BCUT2D eigenvalue weighted by Gasteiger charge is 2.44. The molecule has 26 heavy (non-hydrogen) atoms. The summed E-state index contributed by atoms with van der Waals surface area (Å²) in [6.07, 6.45) is 1.18. The van der Waals surface area contributed by atoms with E-state index in [0.717, 1.165) is 5.56 Å². The van der Waals surface area contributed by atoms with Crippen molar-refractivity contribution in [3.63, 3.8) is 0 Å². The predicted octanol–water partition coefficient (Wildman–Crippen LogP) is 2.80. The maximum absolute atomic E-state index is 11.1. The van der Waals surface area contributed by atoms with Gasteiger partial charge in [0.1, 0.15) is 0 Å². The fraction of sp³-hybridized carbons (Fsp3) is 0.375. The van der Waals surface area contributed by atoms with E-state index in [4.69, 9.17) is 9.63 Å². The summed E-state index contributed by atoms with van der Waals surface area (Å²) in [5, 5.41) is 12.8. The van der Waals surface area contributed by atoms with Crippen LogP contribution in [0.15, 0.2) is 41.1 Å². The number of aromatic nitrogens is 1. The summed E-state index contributed by atoms with van der Waals surface area (Å²) in [7, 11) is -3.20. The van der Waals surface area contributed by atoms with Crippen LogP contribution in [0.3, 0.4) is 0 Å². The van der Waals surface area contributed by atoms with Crippen LogP contribution in [0.25, 0.3) is 11.3 Å². The standard InChI is InChI=1S/C16H20N4O5S/c21-16(22)18-7-5-14(11-18)20-9-8-19(26(20,23)24)13-3-1-2-12(10-13)15-4-6-17-25-15/h1-4,6,10,14,23-24H,5,7-9,11H2,(H,21,22)/t14-/m0/s1. The average molecular weight is 380 g/mol. The molecular formula is C16H20N4O5S. The van der Waals surface area contributed by atoms with E-state index in [2.05, 4.69) is 5.16 Å². The monoisotopic (exact) mass is 380 g/mol. The Morgan fingerprint density at radius 3 is 2.77 bits per heavy atom. The van der Waals surface area contributed by atoms with Gasteiger partial charge in [-0.25, -0.2) is 4.79 Å². The van der Waals surface area contributed by atoms with Gasteiger partial charge in [0.25, 0.3) is 0 Å². The molecule has 0 unspecified atom stereocenters. The molecule has 1 amide bonds. The third kappa shape index (κ3) is 2.90. The van der Waals surface area contributed by atoms with Crippen molar-refractivity contribution in [2.24, 2.45) is 0 Å². The van der Waals surface area contributed by atoms with Crippen LogP contribution in [0.4, 0.5) is 10.5 Å². The minimum Gasteiger partial charge on any atom is -0.465 e. The molecule has 1 aromatic carbocycles. The molecule has 0 spiro atoms. The molecule has 0 bridgehead atoms. The van der Waals surface area contributed by atoms with Crippen molar-refractivity contribution in [3.8, 4) is 11.3 Å². The second-order valence-corrected chi connectivity index (χ2v) is 8.22. The fourth-order valence-electron chi connectivity index (χ4n) is 3.54. The Morgan fingerprint density at radius 2 is 2.08 bits per heavy atom. The van der Waals surface area contributed by atoms with E-state index in [1.807, 2.05) is 24.3 Å². The average Bonchev–Trinajstić information content (AvgIpc) is 3.34. The Bertz CT molecular complexity index is 800. The van der Waals surface area contributed by atoms with Gasteiger partial charge in [0.2, 0.25) is 0 Å². The van der Waals surface area contributed by atoms with E-state index < -0.39 is 17.1 Å². The number of carboxylic acid groups (broad SMARTS) is 1. The Kier molecular flexibility index (Phi) is 4.27. The number of nitrogens with zero attached hydrogens (tertiary/aromatic N) is 4. The van der Waals surface area contributed by atoms with Crippen LogP contribution >= 0.6 is 11.0 Å². The molecule has 1 aromatic heterocycles. The molecule has 0 saturated carbocycles. The van der Waals surface area contributed by atoms with Crippen molar-refractivity contribution in [3.05, 3.63) is 36.5 Å².